The summed E-state index contributed by atoms with van der Waals surface area (Å²) in [5.74, 6) is -1.14. The van der Waals surface area contributed by atoms with Gasteiger partial charge >= 0.3 is 5.97 Å². The molecule has 0 amide bonds. The Morgan fingerprint density at radius 1 is 1.60 bits per heavy atom. The highest BCUT2D eigenvalue weighted by Gasteiger charge is 2.36. The monoisotopic (exact) mass is 321 g/mol. The van der Waals surface area contributed by atoms with E-state index in [1.807, 2.05) is 0 Å². The molecule has 112 valence electrons. The molecule has 1 aromatic heterocycles. The highest BCUT2D eigenvalue weighted by atomic mass is 32.2. The standard InChI is InChI=1S/C11H15NO6S2/c1-17-11(4-5-18-7-11)6-12-20(15,16)9-3-2-8(19-9)10(13)14/h2-3,12H,4-7H2,1H3,(H,13,14). The normalized spacial score (nSPS) is 23.1. The second kappa shape index (κ2) is 5.78. The summed E-state index contributed by atoms with van der Waals surface area (Å²) >= 11 is 0.715. The Hall–Kier alpha value is -1.00. The molecule has 2 heterocycles. The number of hydrogen-bond donors (Lipinski definition) is 2. The third-order valence-corrected chi connectivity index (χ3v) is 6.11. The lowest BCUT2D eigenvalue weighted by Crippen LogP contribution is -2.44. The van der Waals surface area contributed by atoms with Gasteiger partial charge in [-0.25, -0.2) is 17.9 Å². The van der Waals surface area contributed by atoms with Crippen molar-refractivity contribution in [1.29, 1.82) is 0 Å². The lowest BCUT2D eigenvalue weighted by molar-refractivity contribution is -0.0120. The molecule has 9 heteroatoms. The molecule has 2 rings (SSSR count). The van der Waals surface area contributed by atoms with Crippen LogP contribution in [-0.4, -0.2) is 52.0 Å². The first-order valence-electron chi connectivity index (χ1n) is 5.84. The molecule has 1 fully saturated rings. The van der Waals surface area contributed by atoms with Crippen LogP contribution in [0.25, 0.3) is 0 Å². The van der Waals surface area contributed by atoms with Gasteiger partial charge in [-0.15, -0.1) is 11.3 Å². The molecule has 1 aromatic rings. The topological polar surface area (TPSA) is 102 Å². The van der Waals surface area contributed by atoms with E-state index in [2.05, 4.69) is 4.72 Å². The minimum absolute atomic E-state index is 0.0176. The number of carboxylic acids is 1. The maximum atomic E-state index is 12.1. The van der Waals surface area contributed by atoms with Gasteiger partial charge in [-0.05, 0) is 12.1 Å². The Kier molecular flexibility index (Phi) is 4.45. The van der Waals surface area contributed by atoms with Gasteiger partial charge in [0, 0.05) is 26.7 Å². The first-order chi connectivity index (χ1) is 9.38. The SMILES string of the molecule is COC1(CNS(=O)(=O)c2ccc(C(=O)O)s2)CCOC1. The summed E-state index contributed by atoms with van der Waals surface area (Å²) in [5, 5.41) is 8.80. The van der Waals surface area contributed by atoms with Crippen LogP contribution in [0.2, 0.25) is 0 Å². The van der Waals surface area contributed by atoms with Crippen molar-refractivity contribution in [3.63, 3.8) is 0 Å². The number of rotatable bonds is 6. The smallest absolute Gasteiger partial charge is 0.345 e. The van der Waals surface area contributed by atoms with Crippen molar-refractivity contribution in [2.75, 3.05) is 26.9 Å². The minimum atomic E-state index is -3.74. The third kappa shape index (κ3) is 3.18. The fraction of sp³-hybridized carbons (Fsp3) is 0.545. The Balaban J connectivity index is 2.08. The Labute approximate surface area is 120 Å². The van der Waals surface area contributed by atoms with E-state index in [4.69, 9.17) is 14.6 Å². The van der Waals surface area contributed by atoms with Crippen LogP contribution >= 0.6 is 11.3 Å². The molecule has 0 bridgehead atoms. The first-order valence-corrected chi connectivity index (χ1v) is 8.14. The number of ether oxygens (including phenoxy) is 2. The van der Waals surface area contributed by atoms with Gasteiger partial charge in [0.2, 0.25) is 10.0 Å². The van der Waals surface area contributed by atoms with Crippen LogP contribution in [0.4, 0.5) is 0 Å². The lowest BCUT2D eigenvalue weighted by atomic mass is 10.0. The zero-order valence-corrected chi connectivity index (χ0v) is 12.4. The zero-order valence-electron chi connectivity index (χ0n) is 10.8. The largest absolute Gasteiger partial charge is 0.477 e. The lowest BCUT2D eigenvalue weighted by Gasteiger charge is -2.25. The van der Waals surface area contributed by atoms with Gasteiger partial charge in [-0.1, -0.05) is 0 Å². The molecule has 0 spiro atoms. The van der Waals surface area contributed by atoms with E-state index in [0.29, 0.717) is 31.0 Å². The molecule has 2 N–H and O–H groups in total. The van der Waals surface area contributed by atoms with E-state index < -0.39 is 21.6 Å². The first kappa shape index (κ1) is 15.4. The van der Waals surface area contributed by atoms with Crippen LogP contribution in [0.1, 0.15) is 16.1 Å². The second-order valence-electron chi connectivity index (χ2n) is 4.44. The number of aromatic carboxylic acids is 1. The molecule has 1 saturated heterocycles. The quantitative estimate of drug-likeness (QED) is 0.792. The Morgan fingerprint density at radius 2 is 2.35 bits per heavy atom. The number of nitrogens with one attached hydrogen (secondary N) is 1. The molecule has 0 aliphatic carbocycles. The van der Waals surface area contributed by atoms with E-state index in [-0.39, 0.29) is 15.6 Å². The van der Waals surface area contributed by atoms with Crippen molar-refractivity contribution >= 4 is 27.3 Å². The third-order valence-electron chi connectivity index (χ3n) is 3.14. The maximum Gasteiger partial charge on any atom is 0.345 e. The number of thiophene rings is 1. The molecule has 0 saturated carbocycles. The summed E-state index contributed by atoms with van der Waals surface area (Å²) in [6.07, 6.45) is 0.608. The maximum absolute atomic E-state index is 12.1. The van der Waals surface area contributed by atoms with E-state index >= 15 is 0 Å². The van der Waals surface area contributed by atoms with Gasteiger partial charge in [0.05, 0.1) is 6.61 Å². The van der Waals surface area contributed by atoms with Crippen LogP contribution < -0.4 is 4.72 Å². The van der Waals surface area contributed by atoms with E-state index in [9.17, 15) is 13.2 Å². The summed E-state index contributed by atoms with van der Waals surface area (Å²) < 4.78 is 37.2. The summed E-state index contributed by atoms with van der Waals surface area (Å²) in [5.41, 5.74) is -0.653. The molecule has 1 unspecified atom stereocenters. The second-order valence-corrected chi connectivity index (χ2v) is 7.52. The van der Waals surface area contributed by atoms with Crippen LogP contribution in [-0.2, 0) is 19.5 Å². The molecular weight excluding hydrogens is 306 g/mol. The van der Waals surface area contributed by atoms with Crippen molar-refractivity contribution in [3.8, 4) is 0 Å². The van der Waals surface area contributed by atoms with Crippen LogP contribution in [0, 0.1) is 0 Å². The Morgan fingerprint density at radius 3 is 2.85 bits per heavy atom. The molecule has 0 radical (unpaired) electrons. The van der Waals surface area contributed by atoms with Crippen LogP contribution in [0.15, 0.2) is 16.3 Å². The van der Waals surface area contributed by atoms with E-state index in [1.165, 1.54) is 19.2 Å². The number of carboxylic acid groups (broad SMARTS) is 1. The Bertz CT molecular complexity index is 588. The summed E-state index contributed by atoms with van der Waals surface area (Å²) in [7, 11) is -2.23. The van der Waals surface area contributed by atoms with Crippen molar-refractivity contribution in [1.82, 2.24) is 4.72 Å². The average molecular weight is 321 g/mol. The fourth-order valence-electron chi connectivity index (χ4n) is 1.84. The molecular formula is C11H15NO6S2. The molecule has 20 heavy (non-hydrogen) atoms. The minimum Gasteiger partial charge on any atom is -0.477 e. The van der Waals surface area contributed by atoms with Gasteiger partial charge in [-0.3, -0.25) is 0 Å². The number of methoxy groups -OCH3 is 1. The zero-order chi connectivity index (χ0) is 14.8. The van der Waals surface area contributed by atoms with Crippen LogP contribution in [0.5, 0.6) is 0 Å². The van der Waals surface area contributed by atoms with Gasteiger partial charge in [0.1, 0.15) is 14.7 Å². The van der Waals surface area contributed by atoms with Crippen molar-refractivity contribution in [2.24, 2.45) is 0 Å². The predicted octanol–water partition coefficient (Wildman–Crippen LogP) is 0.530. The predicted molar refractivity (Wildman–Crippen MR) is 71.6 cm³/mol. The molecule has 0 aromatic carbocycles. The van der Waals surface area contributed by atoms with E-state index in [0.717, 1.165) is 0 Å². The van der Waals surface area contributed by atoms with Crippen molar-refractivity contribution < 1.29 is 27.8 Å². The van der Waals surface area contributed by atoms with Gasteiger partial charge in [-0.2, -0.15) is 0 Å². The average Bonchev–Trinajstić information content (AvgIpc) is 3.07. The van der Waals surface area contributed by atoms with Gasteiger partial charge in [0.25, 0.3) is 0 Å². The van der Waals surface area contributed by atoms with E-state index in [1.54, 1.807) is 0 Å². The van der Waals surface area contributed by atoms with Gasteiger partial charge in [0.15, 0.2) is 0 Å². The summed E-state index contributed by atoms with van der Waals surface area (Å²) in [6, 6.07) is 2.55. The number of carbonyl (C=O) groups is 1. The van der Waals surface area contributed by atoms with Crippen molar-refractivity contribution in [2.45, 2.75) is 16.2 Å². The molecule has 1 aliphatic heterocycles. The highest BCUT2D eigenvalue weighted by Crippen LogP contribution is 2.24. The summed E-state index contributed by atoms with van der Waals surface area (Å²) in [4.78, 5) is 10.7. The summed E-state index contributed by atoms with van der Waals surface area (Å²) in [6.45, 7) is 0.945. The van der Waals surface area contributed by atoms with Gasteiger partial charge < -0.3 is 14.6 Å². The molecule has 1 aliphatic rings. The number of sulfonamides is 1. The fourth-order valence-corrected chi connectivity index (χ4v) is 4.14. The molecule has 7 nitrogen and oxygen atoms in total. The van der Waals surface area contributed by atoms with Crippen molar-refractivity contribution in [3.05, 3.63) is 17.0 Å². The number of hydrogen-bond acceptors (Lipinski definition) is 6. The highest BCUT2D eigenvalue weighted by molar-refractivity contribution is 7.91. The van der Waals surface area contributed by atoms with Crippen LogP contribution in [0.3, 0.4) is 0 Å². The molecule has 1 atom stereocenters.